The Morgan fingerprint density at radius 2 is 1.96 bits per heavy atom. The van der Waals surface area contributed by atoms with E-state index in [0.29, 0.717) is 29.2 Å². The van der Waals surface area contributed by atoms with Crippen LogP contribution in [-0.4, -0.2) is 32.2 Å². The minimum atomic E-state index is -0.876. The van der Waals surface area contributed by atoms with Crippen LogP contribution < -0.4 is 14.8 Å². The van der Waals surface area contributed by atoms with Crippen molar-refractivity contribution >= 4 is 17.6 Å². The maximum absolute atomic E-state index is 12.5. The van der Waals surface area contributed by atoms with Crippen molar-refractivity contribution < 1.29 is 23.8 Å². The second-order valence-corrected chi connectivity index (χ2v) is 5.31. The van der Waals surface area contributed by atoms with Gasteiger partial charge in [-0.3, -0.25) is 4.79 Å². The summed E-state index contributed by atoms with van der Waals surface area (Å²) in [5.74, 6) is 0.188. The van der Waals surface area contributed by atoms with Crippen LogP contribution in [0.1, 0.15) is 15.9 Å². The fraction of sp³-hybridized carbons (Fsp3) is 0.222. The van der Waals surface area contributed by atoms with Gasteiger partial charge in [0.25, 0.3) is 5.91 Å². The van der Waals surface area contributed by atoms with Gasteiger partial charge in [-0.25, -0.2) is 4.79 Å². The molecule has 0 aliphatic carbocycles. The molecule has 1 heterocycles. The zero-order chi connectivity index (χ0) is 17.1. The molecule has 1 N–H and O–H groups in total. The predicted molar refractivity (Wildman–Crippen MR) is 87.5 cm³/mol. The molecule has 0 radical (unpaired) electrons. The summed E-state index contributed by atoms with van der Waals surface area (Å²) in [6.45, 7) is 0. The molecule has 2 aromatic rings. The second-order valence-electron chi connectivity index (χ2n) is 5.31. The molecule has 1 aliphatic rings. The van der Waals surface area contributed by atoms with Crippen molar-refractivity contribution in [2.75, 3.05) is 19.5 Å². The van der Waals surface area contributed by atoms with Crippen LogP contribution >= 0.6 is 0 Å². The molecule has 0 saturated carbocycles. The number of rotatable bonds is 4. The molecule has 0 saturated heterocycles. The lowest BCUT2D eigenvalue weighted by Crippen LogP contribution is -2.38. The van der Waals surface area contributed by atoms with E-state index < -0.39 is 18.0 Å². The third-order valence-corrected chi connectivity index (χ3v) is 3.85. The number of nitrogens with one attached hydrogen (secondary N) is 1. The number of carbonyl (C=O) groups is 2. The van der Waals surface area contributed by atoms with Gasteiger partial charge in [0.1, 0.15) is 11.5 Å². The largest absolute Gasteiger partial charge is 0.497 e. The highest BCUT2D eigenvalue weighted by atomic mass is 16.5. The van der Waals surface area contributed by atoms with E-state index in [0.717, 1.165) is 5.56 Å². The molecule has 3 rings (SSSR count). The van der Waals surface area contributed by atoms with Crippen LogP contribution in [0.25, 0.3) is 0 Å². The molecule has 24 heavy (non-hydrogen) atoms. The van der Waals surface area contributed by atoms with Gasteiger partial charge in [-0.05, 0) is 23.8 Å². The number of amides is 1. The van der Waals surface area contributed by atoms with E-state index in [1.165, 1.54) is 7.11 Å². The number of benzene rings is 2. The minimum Gasteiger partial charge on any atom is -0.497 e. The van der Waals surface area contributed by atoms with E-state index in [-0.39, 0.29) is 0 Å². The van der Waals surface area contributed by atoms with E-state index in [4.69, 9.17) is 14.2 Å². The number of methoxy groups -OCH3 is 2. The molecule has 1 atom stereocenters. The summed E-state index contributed by atoms with van der Waals surface area (Å²) in [5, 5.41) is 2.74. The van der Waals surface area contributed by atoms with E-state index in [9.17, 15) is 9.59 Å². The van der Waals surface area contributed by atoms with E-state index in [1.54, 1.807) is 37.4 Å². The molecule has 1 aliphatic heterocycles. The molecule has 0 aromatic heterocycles. The first-order valence-electron chi connectivity index (χ1n) is 7.44. The summed E-state index contributed by atoms with van der Waals surface area (Å²) in [6, 6.07) is 12.2. The smallest absolute Gasteiger partial charge is 0.339 e. The average Bonchev–Trinajstić information content (AvgIpc) is 2.62. The molecule has 0 fully saturated rings. The second kappa shape index (κ2) is 6.62. The number of fused-ring (bicyclic) bond motifs is 1. The number of carbonyl (C=O) groups excluding carboxylic acids is 2. The number of hydrogen-bond acceptors (Lipinski definition) is 5. The molecule has 6 nitrogen and oxygen atoms in total. The normalized spacial score (nSPS) is 15.9. The van der Waals surface area contributed by atoms with Gasteiger partial charge in [-0.2, -0.15) is 0 Å². The third kappa shape index (κ3) is 3.03. The van der Waals surface area contributed by atoms with Crippen LogP contribution in [0, 0.1) is 0 Å². The Bertz CT molecular complexity index is 787. The highest BCUT2D eigenvalue weighted by molar-refractivity contribution is 6.00. The summed E-state index contributed by atoms with van der Waals surface area (Å²) >= 11 is 0. The Morgan fingerprint density at radius 3 is 2.71 bits per heavy atom. The summed E-state index contributed by atoms with van der Waals surface area (Å²) < 4.78 is 15.6. The Kier molecular flexibility index (Phi) is 4.37. The summed E-state index contributed by atoms with van der Waals surface area (Å²) in [7, 11) is 3.05. The first kappa shape index (κ1) is 15.9. The lowest BCUT2D eigenvalue weighted by molar-refractivity contribution is -0.125. The van der Waals surface area contributed by atoms with Crippen LogP contribution in [0.3, 0.4) is 0 Å². The fourth-order valence-electron chi connectivity index (χ4n) is 2.59. The van der Waals surface area contributed by atoms with Gasteiger partial charge in [0.05, 0.1) is 25.5 Å². The summed E-state index contributed by atoms with van der Waals surface area (Å²) in [5.41, 5.74) is 1.79. The molecule has 6 heteroatoms. The van der Waals surface area contributed by atoms with Gasteiger partial charge >= 0.3 is 5.97 Å². The SMILES string of the molecule is COc1ccc(NC(=O)[C@@H]2Cc3ccccc3C(=O)O2)c(OC)c1. The van der Waals surface area contributed by atoms with Crippen LogP contribution in [0.4, 0.5) is 5.69 Å². The number of anilines is 1. The van der Waals surface area contributed by atoms with Gasteiger partial charge in [0.15, 0.2) is 6.10 Å². The Morgan fingerprint density at radius 1 is 1.17 bits per heavy atom. The maximum Gasteiger partial charge on any atom is 0.339 e. The molecule has 0 spiro atoms. The van der Waals surface area contributed by atoms with Crippen LogP contribution in [0.5, 0.6) is 11.5 Å². The monoisotopic (exact) mass is 327 g/mol. The van der Waals surface area contributed by atoms with Crippen molar-refractivity contribution in [3.05, 3.63) is 53.6 Å². The Labute approximate surface area is 139 Å². The molecule has 0 unspecified atom stereocenters. The average molecular weight is 327 g/mol. The highest BCUT2D eigenvalue weighted by Crippen LogP contribution is 2.30. The first-order valence-corrected chi connectivity index (χ1v) is 7.44. The van der Waals surface area contributed by atoms with Gasteiger partial charge in [0.2, 0.25) is 0 Å². The van der Waals surface area contributed by atoms with Crippen molar-refractivity contribution in [3.63, 3.8) is 0 Å². The number of ether oxygens (including phenoxy) is 3. The van der Waals surface area contributed by atoms with Gasteiger partial charge in [-0.1, -0.05) is 18.2 Å². The summed E-state index contributed by atoms with van der Waals surface area (Å²) in [6.07, 6.45) is -0.536. The van der Waals surface area contributed by atoms with E-state index in [1.807, 2.05) is 12.1 Å². The van der Waals surface area contributed by atoms with Gasteiger partial charge in [-0.15, -0.1) is 0 Å². The highest BCUT2D eigenvalue weighted by Gasteiger charge is 2.31. The number of cyclic esters (lactones) is 1. The standard InChI is InChI=1S/C18H17NO5/c1-22-12-7-8-14(15(10-12)23-2)19-17(20)16-9-11-5-3-4-6-13(11)18(21)24-16/h3-8,10,16H,9H2,1-2H3,(H,19,20)/t16-/m0/s1. The Hall–Kier alpha value is -3.02. The van der Waals surface area contributed by atoms with E-state index in [2.05, 4.69) is 5.32 Å². The van der Waals surface area contributed by atoms with Crippen molar-refractivity contribution in [1.29, 1.82) is 0 Å². The zero-order valence-corrected chi connectivity index (χ0v) is 13.4. The van der Waals surface area contributed by atoms with Crippen molar-refractivity contribution in [2.24, 2.45) is 0 Å². The topological polar surface area (TPSA) is 73.9 Å². The first-order chi connectivity index (χ1) is 11.6. The molecular formula is C18H17NO5. The van der Waals surface area contributed by atoms with Crippen molar-refractivity contribution in [1.82, 2.24) is 0 Å². The molecule has 1 amide bonds. The predicted octanol–water partition coefficient (Wildman–Crippen LogP) is 2.42. The fourth-order valence-corrected chi connectivity index (χ4v) is 2.59. The van der Waals surface area contributed by atoms with Crippen LogP contribution in [-0.2, 0) is 16.0 Å². The van der Waals surface area contributed by atoms with Gasteiger partial charge < -0.3 is 19.5 Å². The lowest BCUT2D eigenvalue weighted by Gasteiger charge is -2.24. The van der Waals surface area contributed by atoms with Crippen molar-refractivity contribution in [2.45, 2.75) is 12.5 Å². The summed E-state index contributed by atoms with van der Waals surface area (Å²) in [4.78, 5) is 24.5. The van der Waals surface area contributed by atoms with Crippen LogP contribution in [0.2, 0.25) is 0 Å². The molecular weight excluding hydrogens is 310 g/mol. The molecule has 2 aromatic carbocycles. The lowest BCUT2D eigenvalue weighted by atomic mass is 9.98. The third-order valence-electron chi connectivity index (χ3n) is 3.85. The Balaban J connectivity index is 1.78. The zero-order valence-electron chi connectivity index (χ0n) is 13.4. The van der Waals surface area contributed by atoms with Crippen molar-refractivity contribution in [3.8, 4) is 11.5 Å². The van der Waals surface area contributed by atoms with Crippen LogP contribution in [0.15, 0.2) is 42.5 Å². The minimum absolute atomic E-state index is 0.340. The number of hydrogen-bond donors (Lipinski definition) is 1. The molecule has 0 bridgehead atoms. The quantitative estimate of drug-likeness (QED) is 0.873. The van der Waals surface area contributed by atoms with Gasteiger partial charge in [0, 0.05) is 12.5 Å². The molecule has 124 valence electrons. The van der Waals surface area contributed by atoms with E-state index >= 15 is 0 Å². The maximum atomic E-state index is 12.5. The number of esters is 1.